The van der Waals surface area contributed by atoms with Gasteiger partial charge in [-0.15, -0.1) is 0 Å². The first-order valence-electron chi connectivity index (χ1n) is 5.73. The molecule has 0 aliphatic rings. The van der Waals surface area contributed by atoms with Crippen molar-refractivity contribution >= 4 is 15.9 Å². The standard InChI is InChI=1S/C13H9BrF5NO/c14-9-1-2-10(15)8(11(9)16)6-20-4-3-7(5-20)12(21)13(17,18)19/h1-5,12,21H,6H2. The number of benzene rings is 1. The summed E-state index contributed by atoms with van der Waals surface area (Å²) in [5.74, 6) is -1.62. The molecular formula is C13H9BrF5NO. The first-order chi connectivity index (χ1) is 9.70. The van der Waals surface area contributed by atoms with Crippen LogP contribution in [0, 0.1) is 11.6 Å². The van der Waals surface area contributed by atoms with Crippen molar-refractivity contribution in [2.75, 3.05) is 0 Å². The monoisotopic (exact) mass is 369 g/mol. The zero-order valence-corrected chi connectivity index (χ0v) is 11.9. The summed E-state index contributed by atoms with van der Waals surface area (Å²) in [4.78, 5) is 0. The van der Waals surface area contributed by atoms with Crippen LogP contribution in [-0.2, 0) is 6.54 Å². The summed E-state index contributed by atoms with van der Waals surface area (Å²) in [6, 6.07) is 3.30. The predicted molar refractivity (Wildman–Crippen MR) is 68.6 cm³/mol. The molecule has 1 atom stereocenters. The van der Waals surface area contributed by atoms with Crippen molar-refractivity contribution in [3.63, 3.8) is 0 Å². The number of hydrogen-bond donors (Lipinski definition) is 1. The number of nitrogens with zero attached hydrogens (tertiary/aromatic N) is 1. The number of halogens is 6. The SMILES string of the molecule is OC(c1ccn(Cc2c(F)ccc(Br)c2F)c1)C(F)(F)F. The van der Waals surface area contributed by atoms with Crippen LogP contribution in [0.25, 0.3) is 0 Å². The number of alkyl halides is 3. The van der Waals surface area contributed by atoms with Crippen LogP contribution in [0.1, 0.15) is 17.2 Å². The first-order valence-corrected chi connectivity index (χ1v) is 6.52. The lowest BCUT2D eigenvalue weighted by atomic mass is 10.2. The van der Waals surface area contributed by atoms with Crippen LogP contribution in [0.4, 0.5) is 22.0 Å². The van der Waals surface area contributed by atoms with Gasteiger partial charge in [-0.3, -0.25) is 0 Å². The van der Waals surface area contributed by atoms with Crippen molar-refractivity contribution in [3.05, 3.63) is 57.8 Å². The molecule has 1 heterocycles. The largest absolute Gasteiger partial charge is 0.418 e. The molecule has 2 rings (SSSR count). The summed E-state index contributed by atoms with van der Waals surface area (Å²) in [6.45, 7) is -0.290. The molecule has 2 aromatic rings. The second-order valence-electron chi connectivity index (χ2n) is 4.38. The molecule has 0 aliphatic heterocycles. The van der Waals surface area contributed by atoms with E-state index in [9.17, 15) is 22.0 Å². The molecule has 21 heavy (non-hydrogen) atoms. The van der Waals surface area contributed by atoms with Crippen LogP contribution in [0.3, 0.4) is 0 Å². The van der Waals surface area contributed by atoms with Gasteiger partial charge in [-0.2, -0.15) is 13.2 Å². The van der Waals surface area contributed by atoms with Gasteiger partial charge < -0.3 is 9.67 Å². The Kier molecular flexibility index (Phi) is 4.38. The highest BCUT2D eigenvalue weighted by Gasteiger charge is 2.39. The molecule has 8 heteroatoms. The lowest BCUT2D eigenvalue weighted by Crippen LogP contribution is -2.19. The number of aromatic nitrogens is 1. The van der Waals surface area contributed by atoms with E-state index in [0.29, 0.717) is 0 Å². The van der Waals surface area contributed by atoms with Crippen LogP contribution < -0.4 is 0 Å². The van der Waals surface area contributed by atoms with Crippen molar-refractivity contribution in [3.8, 4) is 0 Å². The van der Waals surface area contributed by atoms with Crippen molar-refractivity contribution in [1.82, 2.24) is 4.57 Å². The maximum absolute atomic E-state index is 13.8. The van der Waals surface area contributed by atoms with Crippen molar-refractivity contribution < 1.29 is 27.1 Å². The maximum atomic E-state index is 13.8. The van der Waals surface area contributed by atoms with Crippen LogP contribution in [-0.4, -0.2) is 15.8 Å². The zero-order chi connectivity index (χ0) is 15.8. The predicted octanol–water partition coefficient (Wildman–Crippen LogP) is 4.17. The summed E-state index contributed by atoms with van der Waals surface area (Å²) in [6.07, 6.45) is -5.21. The number of rotatable bonds is 3. The van der Waals surface area contributed by atoms with E-state index in [2.05, 4.69) is 15.9 Å². The van der Waals surface area contributed by atoms with Gasteiger partial charge in [-0.25, -0.2) is 8.78 Å². The van der Waals surface area contributed by atoms with Crippen LogP contribution in [0.2, 0.25) is 0 Å². The van der Waals surface area contributed by atoms with Crippen LogP contribution in [0.15, 0.2) is 35.1 Å². The van der Waals surface area contributed by atoms with Gasteiger partial charge in [-0.05, 0) is 34.1 Å². The Balaban J connectivity index is 2.27. The summed E-state index contributed by atoms with van der Waals surface area (Å²) in [5.41, 5.74) is -0.675. The molecule has 1 unspecified atom stereocenters. The Morgan fingerprint density at radius 2 is 1.86 bits per heavy atom. The van der Waals surface area contributed by atoms with Crippen molar-refractivity contribution in [1.29, 1.82) is 0 Å². The normalized spacial score (nSPS) is 13.5. The number of aliphatic hydroxyl groups is 1. The van der Waals surface area contributed by atoms with Gasteiger partial charge in [0.25, 0.3) is 0 Å². The van der Waals surface area contributed by atoms with E-state index < -0.39 is 29.5 Å². The Labute approximate surface area is 124 Å². The second kappa shape index (κ2) is 5.76. The van der Waals surface area contributed by atoms with E-state index >= 15 is 0 Å². The molecule has 1 N–H and O–H groups in total. The molecule has 2 nitrogen and oxygen atoms in total. The minimum atomic E-state index is -4.79. The molecule has 0 radical (unpaired) electrons. The highest BCUT2D eigenvalue weighted by Crippen LogP contribution is 2.32. The number of hydrogen-bond acceptors (Lipinski definition) is 1. The smallest absolute Gasteiger partial charge is 0.379 e. The second-order valence-corrected chi connectivity index (χ2v) is 5.24. The molecule has 0 spiro atoms. The summed E-state index contributed by atoms with van der Waals surface area (Å²) < 4.78 is 65.7. The minimum absolute atomic E-state index is 0.0570. The molecule has 1 aromatic heterocycles. The van der Waals surface area contributed by atoms with Crippen molar-refractivity contribution in [2.24, 2.45) is 0 Å². The van der Waals surface area contributed by atoms with Gasteiger partial charge in [0, 0.05) is 23.5 Å². The van der Waals surface area contributed by atoms with Gasteiger partial charge in [0.15, 0.2) is 6.10 Å². The van der Waals surface area contributed by atoms with Gasteiger partial charge >= 0.3 is 6.18 Å². The van der Waals surface area contributed by atoms with Crippen LogP contribution in [0.5, 0.6) is 0 Å². The Bertz CT molecular complexity index is 652. The lowest BCUT2D eigenvalue weighted by Gasteiger charge is -2.12. The summed E-state index contributed by atoms with van der Waals surface area (Å²) in [7, 11) is 0. The van der Waals surface area contributed by atoms with Gasteiger partial charge in [0.2, 0.25) is 0 Å². The average molecular weight is 370 g/mol. The third-order valence-corrected chi connectivity index (χ3v) is 3.49. The molecule has 114 valence electrons. The Morgan fingerprint density at radius 1 is 1.19 bits per heavy atom. The third kappa shape index (κ3) is 3.44. The van der Waals surface area contributed by atoms with E-state index in [1.54, 1.807) is 0 Å². The molecule has 0 aliphatic carbocycles. The van der Waals surface area contributed by atoms with E-state index in [-0.39, 0.29) is 16.6 Å². The van der Waals surface area contributed by atoms with E-state index in [4.69, 9.17) is 5.11 Å². The Hall–Kier alpha value is -1.41. The van der Waals surface area contributed by atoms with Crippen molar-refractivity contribution in [2.45, 2.75) is 18.8 Å². The molecular weight excluding hydrogens is 361 g/mol. The van der Waals surface area contributed by atoms with E-state index in [1.807, 2.05) is 0 Å². The van der Waals surface area contributed by atoms with E-state index in [1.165, 1.54) is 12.3 Å². The van der Waals surface area contributed by atoms with E-state index in [0.717, 1.165) is 22.9 Å². The van der Waals surface area contributed by atoms with Gasteiger partial charge in [0.05, 0.1) is 11.0 Å². The minimum Gasteiger partial charge on any atom is -0.379 e. The van der Waals surface area contributed by atoms with Gasteiger partial charge in [0.1, 0.15) is 11.6 Å². The average Bonchev–Trinajstić information content (AvgIpc) is 2.85. The fourth-order valence-electron chi connectivity index (χ4n) is 1.81. The third-order valence-electron chi connectivity index (χ3n) is 2.88. The van der Waals surface area contributed by atoms with Crippen LogP contribution >= 0.6 is 15.9 Å². The topological polar surface area (TPSA) is 25.2 Å². The molecule has 0 saturated carbocycles. The highest BCUT2D eigenvalue weighted by atomic mass is 79.9. The lowest BCUT2D eigenvalue weighted by molar-refractivity contribution is -0.206. The summed E-state index contributed by atoms with van der Waals surface area (Å²) >= 11 is 2.91. The Morgan fingerprint density at radius 3 is 2.48 bits per heavy atom. The first kappa shape index (κ1) is 16.0. The maximum Gasteiger partial charge on any atom is 0.418 e. The fraction of sp³-hybridized carbons (Fsp3) is 0.231. The molecule has 0 saturated heterocycles. The fourth-order valence-corrected chi connectivity index (χ4v) is 2.18. The van der Waals surface area contributed by atoms with Gasteiger partial charge in [-0.1, -0.05) is 0 Å². The highest BCUT2D eigenvalue weighted by molar-refractivity contribution is 9.10. The molecule has 0 fully saturated rings. The zero-order valence-electron chi connectivity index (χ0n) is 10.3. The molecule has 0 amide bonds. The summed E-state index contributed by atoms with van der Waals surface area (Å²) in [5, 5.41) is 9.10. The quantitative estimate of drug-likeness (QED) is 0.637. The molecule has 0 bridgehead atoms. The molecule has 1 aromatic carbocycles. The number of aliphatic hydroxyl groups excluding tert-OH is 1.